The molecule has 0 bridgehead atoms. The van der Waals surface area contributed by atoms with Gasteiger partial charge in [-0.25, -0.2) is 0 Å². The monoisotopic (exact) mass is 318 g/mol. The van der Waals surface area contributed by atoms with Gasteiger partial charge in [0.25, 0.3) is 0 Å². The summed E-state index contributed by atoms with van der Waals surface area (Å²) in [5.41, 5.74) is 5.93. The molecule has 0 N–H and O–H groups in total. The van der Waals surface area contributed by atoms with Crippen molar-refractivity contribution in [1.82, 2.24) is 0 Å². The Bertz CT molecular complexity index is 719. The van der Waals surface area contributed by atoms with Crippen LogP contribution < -0.4 is 0 Å². The predicted molar refractivity (Wildman–Crippen MR) is 103 cm³/mol. The summed E-state index contributed by atoms with van der Waals surface area (Å²) in [6, 6.07) is 17.8. The van der Waals surface area contributed by atoms with Crippen molar-refractivity contribution in [2.45, 2.75) is 32.6 Å². The van der Waals surface area contributed by atoms with Gasteiger partial charge < -0.3 is 0 Å². The van der Waals surface area contributed by atoms with E-state index in [1.54, 1.807) is 10.6 Å². The van der Waals surface area contributed by atoms with Crippen LogP contribution in [-0.2, 0) is 12.8 Å². The van der Waals surface area contributed by atoms with Gasteiger partial charge in [0.05, 0.1) is 0 Å². The highest BCUT2D eigenvalue weighted by molar-refractivity contribution is 7.66. The second kappa shape index (κ2) is 6.46. The molecular formula is C22H23P. The van der Waals surface area contributed by atoms with Crippen LogP contribution in [0, 0.1) is 0 Å². The molecule has 0 radical (unpaired) electrons. The number of benzene rings is 2. The number of hydrogen-bond donors (Lipinski definition) is 0. The zero-order chi connectivity index (χ0) is 15.6. The molecule has 2 aliphatic carbocycles. The zero-order valence-corrected chi connectivity index (χ0v) is 14.7. The molecule has 2 aromatic rings. The van der Waals surface area contributed by atoms with Crippen molar-refractivity contribution >= 4 is 20.1 Å². The maximum atomic E-state index is 2.49. The minimum absolute atomic E-state index is 0.139. The van der Waals surface area contributed by atoms with Crippen molar-refractivity contribution in [2.75, 3.05) is 6.16 Å². The van der Waals surface area contributed by atoms with Crippen molar-refractivity contribution in [2.24, 2.45) is 0 Å². The van der Waals surface area contributed by atoms with Gasteiger partial charge in [-0.3, -0.25) is 0 Å². The van der Waals surface area contributed by atoms with E-state index in [1.165, 1.54) is 54.1 Å². The molecule has 0 aliphatic heterocycles. The van der Waals surface area contributed by atoms with E-state index >= 15 is 0 Å². The van der Waals surface area contributed by atoms with Crippen LogP contribution >= 0.6 is 7.92 Å². The van der Waals surface area contributed by atoms with Crippen LogP contribution in [0.5, 0.6) is 0 Å². The highest BCUT2D eigenvalue weighted by atomic mass is 31.1. The molecule has 0 unspecified atom stereocenters. The first kappa shape index (κ1) is 14.9. The Morgan fingerprint density at radius 1 is 0.783 bits per heavy atom. The van der Waals surface area contributed by atoms with Crippen LogP contribution in [0.4, 0.5) is 0 Å². The van der Waals surface area contributed by atoms with Gasteiger partial charge >= 0.3 is 0 Å². The van der Waals surface area contributed by atoms with Crippen molar-refractivity contribution in [1.29, 1.82) is 0 Å². The van der Waals surface area contributed by atoms with E-state index in [0.29, 0.717) is 0 Å². The van der Waals surface area contributed by atoms with E-state index in [1.807, 2.05) is 0 Å². The number of allylic oxidation sites excluding steroid dienone is 2. The molecule has 2 aliphatic rings. The molecule has 0 spiro atoms. The predicted octanol–water partition coefficient (Wildman–Crippen LogP) is 6.46. The molecule has 23 heavy (non-hydrogen) atoms. The smallest absolute Gasteiger partial charge is 0.00120 e. The molecule has 4 rings (SSSR count). The Labute approximate surface area is 140 Å². The second-order valence-corrected chi connectivity index (χ2v) is 8.98. The average molecular weight is 318 g/mol. The highest BCUT2D eigenvalue weighted by Crippen LogP contribution is 2.59. The number of unbranched alkanes of at least 4 members (excludes halogenated alkanes) is 1. The standard InChI is InChI=1S/C22H23P/c1-2-3-12-23(21-13-17-8-4-5-9-18(17)14-21)22-15-19-10-6-7-11-20(19)16-22/h4-11,13,15H,2-3,12,14,16H2,1H3. The first-order valence-corrected chi connectivity index (χ1v) is 10.2. The minimum atomic E-state index is -0.139. The van der Waals surface area contributed by atoms with E-state index in [0.717, 1.165) is 0 Å². The lowest BCUT2D eigenvalue weighted by molar-refractivity contribution is 0.891. The van der Waals surface area contributed by atoms with Crippen molar-refractivity contribution in [3.63, 3.8) is 0 Å². The van der Waals surface area contributed by atoms with Crippen molar-refractivity contribution < 1.29 is 0 Å². The third kappa shape index (κ3) is 2.93. The Kier molecular flexibility index (Phi) is 4.19. The van der Waals surface area contributed by atoms with Gasteiger partial charge in [-0.2, -0.15) is 0 Å². The zero-order valence-electron chi connectivity index (χ0n) is 13.8. The van der Waals surface area contributed by atoms with Gasteiger partial charge in [0, 0.05) is 0 Å². The summed E-state index contributed by atoms with van der Waals surface area (Å²) in [7, 11) is -0.139. The Hall–Kier alpha value is -1.65. The summed E-state index contributed by atoms with van der Waals surface area (Å²) in [5, 5.41) is 3.38. The van der Waals surface area contributed by atoms with Gasteiger partial charge in [0.2, 0.25) is 0 Å². The van der Waals surface area contributed by atoms with E-state index in [-0.39, 0.29) is 7.92 Å². The van der Waals surface area contributed by atoms with Gasteiger partial charge in [-0.15, -0.1) is 0 Å². The number of rotatable bonds is 5. The largest absolute Gasteiger partial charge is 0.0654 e. The Morgan fingerprint density at radius 3 is 1.78 bits per heavy atom. The Balaban J connectivity index is 1.63. The van der Waals surface area contributed by atoms with E-state index in [4.69, 9.17) is 0 Å². The van der Waals surface area contributed by atoms with E-state index in [2.05, 4.69) is 67.6 Å². The molecule has 0 heterocycles. The molecule has 0 aromatic heterocycles. The number of fused-ring (bicyclic) bond motifs is 2. The molecule has 0 fully saturated rings. The lowest BCUT2D eigenvalue weighted by Crippen LogP contribution is -1.94. The maximum absolute atomic E-state index is 2.49. The van der Waals surface area contributed by atoms with Crippen LogP contribution in [0.25, 0.3) is 12.2 Å². The van der Waals surface area contributed by atoms with E-state index in [9.17, 15) is 0 Å². The summed E-state index contributed by atoms with van der Waals surface area (Å²) >= 11 is 0. The molecule has 0 atom stereocenters. The van der Waals surface area contributed by atoms with Crippen LogP contribution in [0.3, 0.4) is 0 Å². The van der Waals surface area contributed by atoms with Crippen LogP contribution in [0.15, 0.2) is 59.2 Å². The molecule has 0 saturated heterocycles. The second-order valence-electron chi connectivity index (χ2n) is 6.53. The minimum Gasteiger partial charge on any atom is -0.0654 e. The molecule has 1 heteroatoms. The molecule has 0 nitrogen and oxygen atoms in total. The SMILES string of the molecule is CCCCP(C1=Cc2ccccc2C1)C1=Cc2ccccc2C1. The fourth-order valence-electron chi connectivity index (χ4n) is 3.66. The lowest BCUT2D eigenvalue weighted by atomic mass is 10.1. The normalized spacial score (nSPS) is 15.4. The van der Waals surface area contributed by atoms with Gasteiger partial charge in [-0.1, -0.05) is 81.9 Å². The van der Waals surface area contributed by atoms with Crippen LogP contribution in [-0.4, -0.2) is 6.16 Å². The number of hydrogen-bond acceptors (Lipinski definition) is 0. The summed E-state index contributed by atoms with van der Waals surface area (Å²) in [6.07, 6.45) is 11.3. The van der Waals surface area contributed by atoms with Gasteiger partial charge in [0.15, 0.2) is 0 Å². The molecule has 2 aromatic carbocycles. The van der Waals surface area contributed by atoms with Gasteiger partial charge in [-0.05, 0) is 58.3 Å². The average Bonchev–Trinajstić information content (AvgIpc) is 3.19. The summed E-state index contributed by atoms with van der Waals surface area (Å²) in [5.74, 6) is 0. The summed E-state index contributed by atoms with van der Waals surface area (Å²) in [4.78, 5) is 0. The summed E-state index contributed by atoms with van der Waals surface area (Å²) < 4.78 is 0. The third-order valence-electron chi connectivity index (χ3n) is 4.93. The van der Waals surface area contributed by atoms with E-state index < -0.39 is 0 Å². The fourth-order valence-corrected chi connectivity index (χ4v) is 6.55. The first-order valence-electron chi connectivity index (χ1n) is 8.69. The molecule has 0 amide bonds. The fraction of sp³-hybridized carbons (Fsp3) is 0.273. The molecule has 116 valence electrons. The molecular weight excluding hydrogens is 295 g/mol. The molecule has 0 saturated carbocycles. The van der Waals surface area contributed by atoms with Crippen molar-refractivity contribution in [3.8, 4) is 0 Å². The highest BCUT2D eigenvalue weighted by Gasteiger charge is 2.25. The lowest BCUT2D eigenvalue weighted by Gasteiger charge is -2.21. The van der Waals surface area contributed by atoms with Crippen molar-refractivity contribution in [3.05, 3.63) is 81.4 Å². The Morgan fingerprint density at radius 2 is 1.30 bits per heavy atom. The topological polar surface area (TPSA) is 0 Å². The quantitative estimate of drug-likeness (QED) is 0.555. The van der Waals surface area contributed by atoms with Gasteiger partial charge in [0.1, 0.15) is 0 Å². The summed E-state index contributed by atoms with van der Waals surface area (Å²) in [6.45, 7) is 2.31. The maximum Gasteiger partial charge on any atom is -0.00120 e. The van der Waals surface area contributed by atoms with Crippen LogP contribution in [0.2, 0.25) is 0 Å². The first-order chi connectivity index (χ1) is 11.3. The van der Waals surface area contributed by atoms with Crippen LogP contribution in [0.1, 0.15) is 42.0 Å². The third-order valence-corrected chi connectivity index (χ3v) is 7.65.